The van der Waals surface area contributed by atoms with Crippen molar-refractivity contribution in [1.29, 1.82) is 0 Å². The van der Waals surface area contributed by atoms with Gasteiger partial charge < -0.3 is 10.4 Å². The minimum absolute atomic E-state index is 0.101. The number of aliphatic hydroxyl groups excluding tert-OH is 1. The lowest BCUT2D eigenvalue weighted by atomic mass is 9.96. The van der Waals surface area contributed by atoms with Gasteiger partial charge in [-0.3, -0.25) is 4.79 Å². The summed E-state index contributed by atoms with van der Waals surface area (Å²) in [6.07, 6.45) is 0.583. The topological polar surface area (TPSA) is 49.3 Å². The van der Waals surface area contributed by atoms with E-state index in [0.717, 1.165) is 5.56 Å². The molecule has 100 valence electrons. The van der Waals surface area contributed by atoms with Gasteiger partial charge >= 0.3 is 0 Å². The minimum atomic E-state index is -0.377. The third-order valence-corrected chi connectivity index (χ3v) is 2.94. The summed E-state index contributed by atoms with van der Waals surface area (Å²) in [6, 6.07) is 6.32. The summed E-state index contributed by atoms with van der Waals surface area (Å²) in [5.41, 5.74) is 0.848. The van der Waals surface area contributed by atoms with Crippen LogP contribution in [-0.2, 0) is 11.2 Å². The molecule has 1 atom stereocenters. The molecule has 1 rings (SSSR count). The van der Waals surface area contributed by atoms with Gasteiger partial charge in [-0.2, -0.15) is 0 Å². The number of halogens is 1. The van der Waals surface area contributed by atoms with Crippen molar-refractivity contribution in [1.82, 2.24) is 5.32 Å². The van der Waals surface area contributed by atoms with Crippen LogP contribution < -0.4 is 5.32 Å². The largest absolute Gasteiger partial charge is 0.396 e. The molecule has 0 aliphatic rings. The molecule has 0 spiro atoms. The lowest BCUT2D eigenvalue weighted by molar-refractivity contribution is -0.127. The number of hydrogen-bond donors (Lipinski definition) is 2. The molecule has 0 saturated carbocycles. The van der Waals surface area contributed by atoms with Crippen LogP contribution >= 0.6 is 0 Å². The predicted octanol–water partition coefficient (Wildman–Crippen LogP) is 1.75. The molecule has 18 heavy (non-hydrogen) atoms. The monoisotopic (exact) mass is 253 g/mol. The quantitative estimate of drug-likeness (QED) is 0.811. The van der Waals surface area contributed by atoms with Crippen molar-refractivity contribution >= 4 is 5.91 Å². The van der Waals surface area contributed by atoms with E-state index >= 15 is 0 Å². The fraction of sp³-hybridized carbons (Fsp3) is 0.500. The van der Waals surface area contributed by atoms with Gasteiger partial charge in [0, 0.05) is 6.54 Å². The maximum absolute atomic E-state index is 12.9. The summed E-state index contributed by atoms with van der Waals surface area (Å²) in [4.78, 5) is 11.7. The van der Waals surface area contributed by atoms with E-state index in [1.165, 1.54) is 12.1 Å². The first-order chi connectivity index (χ1) is 8.54. The molecule has 0 radical (unpaired) electrons. The Kier molecular flexibility index (Phi) is 5.78. The zero-order valence-corrected chi connectivity index (χ0v) is 10.8. The zero-order chi connectivity index (χ0) is 13.5. The molecule has 0 bridgehead atoms. The van der Waals surface area contributed by atoms with Crippen molar-refractivity contribution in [2.75, 3.05) is 13.2 Å². The van der Waals surface area contributed by atoms with Crippen molar-refractivity contribution in [2.24, 2.45) is 11.8 Å². The standard InChI is InChI=1S/C14H20FNO2/c1-10(2)13(9-17)14(18)16-7-6-11-4-3-5-12(15)8-11/h3-5,8,10,13,17H,6-7,9H2,1-2H3,(H,16,18). The molecular formula is C14H20FNO2. The lowest BCUT2D eigenvalue weighted by Crippen LogP contribution is -2.36. The van der Waals surface area contributed by atoms with Crippen LogP contribution in [-0.4, -0.2) is 24.2 Å². The number of rotatable bonds is 6. The van der Waals surface area contributed by atoms with Crippen LogP contribution in [0.3, 0.4) is 0 Å². The van der Waals surface area contributed by atoms with Crippen molar-refractivity contribution in [3.63, 3.8) is 0 Å². The molecule has 1 unspecified atom stereocenters. The Hall–Kier alpha value is -1.42. The molecule has 3 nitrogen and oxygen atoms in total. The van der Waals surface area contributed by atoms with Gasteiger partial charge in [0.25, 0.3) is 0 Å². The molecule has 0 heterocycles. The summed E-state index contributed by atoms with van der Waals surface area (Å²) in [6.45, 7) is 4.09. The first kappa shape index (κ1) is 14.6. The first-order valence-corrected chi connectivity index (χ1v) is 6.17. The van der Waals surface area contributed by atoms with Gasteiger partial charge in [-0.15, -0.1) is 0 Å². The molecule has 0 aliphatic heterocycles. The Morgan fingerprint density at radius 1 is 1.44 bits per heavy atom. The van der Waals surface area contributed by atoms with E-state index < -0.39 is 0 Å². The summed E-state index contributed by atoms with van der Waals surface area (Å²) in [5.74, 6) is -0.695. The highest BCUT2D eigenvalue weighted by Gasteiger charge is 2.20. The van der Waals surface area contributed by atoms with Crippen LogP contribution in [0.2, 0.25) is 0 Å². The molecule has 0 saturated heterocycles. The molecule has 0 fully saturated rings. The molecular weight excluding hydrogens is 233 g/mol. The fourth-order valence-corrected chi connectivity index (χ4v) is 1.75. The first-order valence-electron chi connectivity index (χ1n) is 6.17. The maximum Gasteiger partial charge on any atom is 0.225 e. The number of nitrogens with one attached hydrogen (secondary N) is 1. The summed E-state index contributed by atoms with van der Waals surface area (Å²) < 4.78 is 12.9. The van der Waals surface area contributed by atoms with Crippen LogP contribution in [0.5, 0.6) is 0 Å². The molecule has 2 N–H and O–H groups in total. The zero-order valence-electron chi connectivity index (χ0n) is 10.8. The number of hydrogen-bond acceptors (Lipinski definition) is 2. The second-order valence-electron chi connectivity index (χ2n) is 4.70. The van der Waals surface area contributed by atoms with Gasteiger partial charge in [0.2, 0.25) is 5.91 Å². The molecule has 1 aromatic rings. The average Bonchev–Trinajstić information content (AvgIpc) is 2.29. The van der Waals surface area contributed by atoms with Crippen molar-refractivity contribution in [2.45, 2.75) is 20.3 Å². The Morgan fingerprint density at radius 3 is 2.72 bits per heavy atom. The third-order valence-electron chi connectivity index (χ3n) is 2.94. The van der Waals surface area contributed by atoms with Gasteiger partial charge in [-0.1, -0.05) is 26.0 Å². The van der Waals surface area contributed by atoms with E-state index in [1.807, 2.05) is 19.9 Å². The van der Waals surface area contributed by atoms with E-state index in [1.54, 1.807) is 6.07 Å². The van der Waals surface area contributed by atoms with Gasteiger partial charge in [0.05, 0.1) is 12.5 Å². The Bertz CT molecular complexity index is 393. The van der Waals surface area contributed by atoms with Crippen LogP contribution in [0.1, 0.15) is 19.4 Å². The summed E-state index contributed by atoms with van der Waals surface area (Å²) >= 11 is 0. The summed E-state index contributed by atoms with van der Waals surface area (Å²) in [7, 11) is 0. The van der Waals surface area contributed by atoms with E-state index in [9.17, 15) is 9.18 Å². The number of aliphatic hydroxyl groups is 1. The molecule has 0 aromatic heterocycles. The van der Waals surface area contributed by atoms with Crippen LogP contribution in [0.25, 0.3) is 0 Å². The van der Waals surface area contributed by atoms with Gasteiger partial charge in [-0.25, -0.2) is 4.39 Å². The molecule has 4 heteroatoms. The number of amides is 1. The van der Waals surface area contributed by atoms with Gasteiger partial charge in [-0.05, 0) is 30.0 Å². The van der Waals surface area contributed by atoms with E-state index in [4.69, 9.17) is 5.11 Å². The van der Waals surface area contributed by atoms with Crippen molar-refractivity contribution in [3.05, 3.63) is 35.6 Å². The number of benzene rings is 1. The number of carbonyl (C=O) groups excluding carboxylic acids is 1. The second-order valence-corrected chi connectivity index (χ2v) is 4.70. The Morgan fingerprint density at radius 2 is 2.17 bits per heavy atom. The van der Waals surface area contributed by atoms with Crippen molar-refractivity contribution in [3.8, 4) is 0 Å². The minimum Gasteiger partial charge on any atom is -0.396 e. The third kappa shape index (κ3) is 4.45. The lowest BCUT2D eigenvalue weighted by Gasteiger charge is -2.17. The smallest absolute Gasteiger partial charge is 0.225 e. The van der Waals surface area contributed by atoms with Gasteiger partial charge in [0.1, 0.15) is 5.82 Å². The highest BCUT2D eigenvalue weighted by Crippen LogP contribution is 2.10. The van der Waals surface area contributed by atoms with E-state index in [2.05, 4.69) is 5.32 Å². The predicted molar refractivity (Wildman–Crippen MR) is 68.5 cm³/mol. The van der Waals surface area contributed by atoms with Crippen LogP contribution in [0, 0.1) is 17.7 Å². The Labute approximate surface area is 107 Å². The SMILES string of the molecule is CC(C)C(CO)C(=O)NCCc1cccc(F)c1. The summed E-state index contributed by atoms with van der Waals surface area (Å²) in [5, 5.41) is 11.9. The number of carbonyl (C=O) groups is 1. The second kappa shape index (κ2) is 7.11. The fourth-order valence-electron chi connectivity index (χ4n) is 1.75. The molecule has 0 aliphatic carbocycles. The normalized spacial score (nSPS) is 12.5. The highest BCUT2D eigenvalue weighted by atomic mass is 19.1. The molecule has 1 aromatic carbocycles. The van der Waals surface area contributed by atoms with E-state index in [-0.39, 0.29) is 30.2 Å². The maximum atomic E-state index is 12.9. The van der Waals surface area contributed by atoms with Crippen LogP contribution in [0.4, 0.5) is 4.39 Å². The highest BCUT2D eigenvalue weighted by molar-refractivity contribution is 5.78. The molecule has 1 amide bonds. The van der Waals surface area contributed by atoms with Crippen molar-refractivity contribution < 1.29 is 14.3 Å². The average molecular weight is 253 g/mol. The van der Waals surface area contributed by atoms with E-state index in [0.29, 0.717) is 13.0 Å². The van der Waals surface area contributed by atoms with Crippen LogP contribution in [0.15, 0.2) is 24.3 Å². The Balaban J connectivity index is 2.40. The van der Waals surface area contributed by atoms with Gasteiger partial charge in [0.15, 0.2) is 0 Å².